The standard InChI is InChI=1S/C13H21ClN2O2/c1-3-17-13(18-4-2)7-8-16-12-9-10(14)5-6-11(12)15/h5-6,9,13,16H,3-4,7-8,15H2,1-2H3. The molecule has 0 aliphatic rings. The third kappa shape index (κ3) is 5.12. The predicted octanol–water partition coefficient (Wildman–Crippen LogP) is 3.12. The van der Waals surface area contributed by atoms with E-state index in [1.807, 2.05) is 19.9 Å². The van der Waals surface area contributed by atoms with E-state index in [0.717, 1.165) is 18.7 Å². The van der Waals surface area contributed by atoms with Crippen molar-refractivity contribution in [1.29, 1.82) is 0 Å². The van der Waals surface area contributed by atoms with Gasteiger partial charge in [0.25, 0.3) is 0 Å². The van der Waals surface area contributed by atoms with Gasteiger partial charge in [-0.05, 0) is 32.0 Å². The van der Waals surface area contributed by atoms with Gasteiger partial charge in [0.1, 0.15) is 0 Å². The van der Waals surface area contributed by atoms with Crippen molar-refractivity contribution in [1.82, 2.24) is 0 Å². The van der Waals surface area contributed by atoms with Crippen LogP contribution in [0.25, 0.3) is 0 Å². The van der Waals surface area contributed by atoms with E-state index in [-0.39, 0.29) is 6.29 Å². The summed E-state index contributed by atoms with van der Waals surface area (Å²) in [6, 6.07) is 5.37. The number of rotatable bonds is 8. The SMILES string of the molecule is CCOC(CCNc1cc(Cl)ccc1N)OCC. The maximum atomic E-state index is 5.91. The molecule has 0 bridgehead atoms. The highest BCUT2D eigenvalue weighted by atomic mass is 35.5. The van der Waals surface area contributed by atoms with Crippen molar-refractivity contribution >= 4 is 23.0 Å². The van der Waals surface area contributed by atoms with Crippen molar-refractivity contribution in [3.05, 3.63) is 23.2 Å². The zero-order chi connectivity index (χ0) is 13.4. The molecule has 4 nitrogen and oxygen atoms in total. The van der Waals surface area contributed by atoms with Crippen LogP contribution in [0.4, 0.5) is 11.4 Å². The highest BCUT2D eigenvalue weighted by Gasteiger charge is 2.07. The predicted molar refractivity (Wildman–Crippen MR) is 76.0 cm³/mol. The van der Waals surface area contributed by atoms with Crippen molar-refractivity contribution in [2.45, 2.75) is 26.6 Å². The molecule has 1 rings (SSSR count). The summed E-state index contributed by atoms with van der Waals surface area (Å²) in [6.07, 6.45) is 0.584. The van der Waals surface area contributed by atoms with Crippen LogP contribution in [0, 0.1) is 0 Å². The molecule has 0 heterocycles. The number of nitrogens with one attached hydrogen (secondary N) is 1. The molecule has 102 valence electrons. The van der Waals surface area contributed by atoms with Gasteiger partial charge < -0.3 is 20.5 Å². The second kappa shape index (κ2) is 8.19. The number of nitrogen functional groups attached to an aromatic ring is 1. The van der Waals surface area contributed by atoms with Crippen molar-refractivity contribution in [3.8, 4) is 0 Å². The van der Waals surface area contributed by atoms with Crippen LogP contribution in [0.15, 0.2) is 18.2 Å². The maximum Gasteiger partial charge on any atom is 0.159 e. The second-order valence-electron chi connectivity index (χ2n) is 3.79. The minimum Gasteiger partial charge on any atom is -0.397 e. The molecule has 3 N–H and O–H groups in total. The number of ether oxygens (including phenoxy) is 2. The molecule has 18 heavy (non-hydrogen) atoms. The van der Waals surface area contributed by atoms with Crippen LogP contribution in [0.2, 0.25) is 5.02 Å². The summed E-state index contributed by atoms with van der Waals surface area (Å²) >= 11 is 5.91. The first-order valence-corrected chi connectivity index (χ1v) is 6.57. The Balaban J connectivity index is 2.41. The molecule has 0 atom stereocenters. The topological polar surface area (TPSA) is 56.5 Å². The lowest BCUT2D eigenvalue weighted by molar-refractivity contribution is -0.137. The van der Waals surface area contributed by atoms with E-state index >= 15 is 0 Å². The first kappa shape index (κ1) is 15.1. The summed E-state index contributed by atoms with van der Waals surface area (Å²) in [5, 5.41) is 3.90. The summed E-state index contributed by atoms with van der Waals surface area (Å²) in [5.74, 6) is 0. The van der Waals surface area contributed by atoms with Gasteiger partial charge >= 0.3 is 0 Å². The molecule has 0 aliphatic heterocycles. The monoisotopic (exact) mass is 272 g/mol. The Bertz CT molecular complexity index is 355. The van der Waals surface area contributed by atoms with Crippen molar-refractivity contribution in [2.75, 3.05) is 30.8 Å². The molecule has 0 saturated heterocycles. The van der Waals surface area contributed by atoms with Crippen LogP contribution in [0.3, 0.4) is 0 Å². The Labute approximate surface area is 113 Å². The number of benzene rings is 1. The molecule has 0 amide bonds. The lowest BCUT2D eigenvalue weighted by Crippen LogP contribution is -2.21. The van der Waals surface area contributed by atoms with E-state index < -0.39 is 0 Å². The Hall–Kier alpha value is -0.970. The van der Waals surface area contributed by atoms with Gasteiger partial charge in [-0.25, -0.2) is 0 Å². The van der Waals surface area contributed by atoms with Gasteiger partial charge in [0.05, 0.1) is 11.4 Å². The molecule has 1 aromatic rings. The van der Waals surface area contributed by atoms with E-state index in [0.29, 0.717) is 23.9 Å². The fraction of sp³-hybridized carbons (Fsp3) is 0.538. The summed E-state index contributed by atoms with van der Waals surface area (Å²) < 4.78 is 10.9. The van der Waals surface area contributed by atoms with Gasteiger partial charge in [0.15, 0.2) is 6.29 Å². The van der Waals surface area contributed by atoms with Crippen LogP contribution in [0.1, 0.15) is 20.3 Å². The van der Waals surface area contributed by atoms with Crippen molar-refractivity contribution in [3.63, 3.8) is 0 Å². The quantitative estimate of drug-likeness (QED) is 0.564. The summed E-state index contributed by atoms with van der Waals surface area (Å²) in [7, 11) is 0. The van der Waals surface area contributed by atoms with E-state index in [9.17, 15) is 0 Å². The third-order valence-electron chi connectivity index (χ3n) is 2.42. The number of anilines is 2. The van der Waals surface area contributed by atoms with Gasteiger partial charge in [-0.2, -0.15) is 0 Å². The molecule has 5 heteroatoms. The van der Waals surface area contributed by atoms with Gasteiger partial charge in [0.2, 0.25) is 0 Å². The number of nitrogens with two attached hydrogens (primary N) is 1. The van der Waals surface area contributed by atoms with Gasteiger partial charge in [-0.1, -0.05) is 11.6 Å². The highest BCUT2D eigenvalue weighted by molar-refractivity contribution is 6.31. The summed E-state index contributed by atoms with van der Waals surface area (Å²) in [6.45, 7) is 5.91. The van der Waals surface area contributed by atoms with Gasteiger partial charge in [-0.3, -0.25) is 0 Å². The minimum atomic E-state index is -0.173. The smallest absolute Gasteiger partial charge is 0.159 e. The first-order valence-electron chi connectivity index (χ1n) is 6.19. The van der Waals surface area contributed by atoms with E-state index in [2.05, 4.69) is 5.32 Å². The Morgan fingerprint density at radius 1 is 1.28 bits per heavy atom. The third-order valence-corrected chi connectivity index (χ3v) is 2.65. The lowest BCUT2D eigenvalue weighted by atomic mass is 10.2. The van der Waals surface area contributed by atoms with Crippen molar-refractivity contribution in [2.24, 2.45) is 0 Å². The molecular weight excluding hydrogens is 252 g/mol. The van der Waals surface area contributed by atoms with Crippen LogP contribution in [0.5, 0.6) is 0 Å². The average Bonchev–Trinajstić information content (AvgIpc) is 2.34. The molecule has 0 aromatic heterocycles. The Morgan fingerprint density at radius 2 is 1.94 bits per heavy atom. The van der Waals surface area contributed by atoms with E-state index in [4.69, 9.17) is 26.8 Å². The van der Waals surface area contributed by atoms with E-state index in [1.165, 1.54) is 0 Å². The minimum absolute atomic E-state index is 0.173. The molecule has 1 aromatic carbocycles. The Kier molecular flexibility index (Phi) is 6.86. The number of hydrogen-bond donors (Lipinski definition) is 2. The summed E-state index contributed by atoms with van der Waals surface area (Å²) in [5.41, 5.74) is 7.37. The largest absolute Gasteiger partial charge is 0.397 e. The fourth-order valence-electron chi connectivity index (χ4n) is 1.59. The van der Waals surface area contributed by atoms with Crippen LogP contribution >= 0.6 is 11.6 Å². The molecule has 0 spiro atoms. The summed E-state index contributed by atoms with van der Waals surface area (Å²) in [4.78, 5) is 0. The Morgan fingerprint density at radius 3 is 2.56 bits per heavy atom. The molecule has 0 radical (unpaired) electrons. The van der Waals surface area contributed by atoms with Gasteiger partial charge in [0, 0.05) is 31.2 Å². The van der Waals surface area contributed by atoms with Gasteiger partial charge in [-0.15, -0.1) is 0 Å². The zero-order valence-corrected chi connectivity index (χ0v) is 11.7. The van der Waals surface area contributed by atoms with Crippen LogP contribution in [-0.4, -0.2) is 26.0 Å². The molecular formula is C13H21ClN2O2. The molecule has 0 saturated carbocycles. The fourth-order valence-corrected chi connectivity index (χ4v) is 1.76. The number of hydrogen-bond acceptors (Lipinski definition) is 4. The second-order valence-corrected chi connectivity index (χ2v) is 4.22. The molecule has 0 fully saturated rings. The molecule has 0 aliphatic carbocycles. The number of halogens is 1. The first-order chi connectivity index (χ1) is 8.67. The average molecular weight is 273 g/mol. The van der Waals surface area contributed by atoms with E-state index in [1.54, 1.807) is 12.1 Å². The zero-order valence-electron chi connectivity index (χ0n) is 10.9. The van der Waals surface area contributed by atoms with Crippen LogP contribution < -0.4 is 11.1 Å². The van der Waals surface area contributed by atoms with Crippen molar-refractivity contribution < 1.29 is 9.47 Å². The lowest BCUT2D eigenvalue weighted by Gasteiger charge is -2.17. The molecule has 0 unspecified atom stereocenters. The normalized spacial score (nSPS) is 10.9. The highest BCUT2D eigenvalue weighted by Crippen LogP contribution is 2.22. The van der Waals surface area contributed by atoms with Crippen LogP contribution in [-0.2, 0) is 9.47 Å². The maximum absolute atomic E-state index is 5.91.